The van der Waals surface area contributed by atoms with Crippen LogP contribution < -0.4 is 15.8 Å². The number of benzene rings is 3. The third kappa shape index (κ3) is 4.32. The third-order valence-corrected chi connectivity index (χ3v) is 3.73. The van der Waals surface area contributed by atoms with E-state index in [0.717, 1.165) is 0 Å². The highest BCUT2D eigenvalue weighted by Gasteiger charge is 2.09. The van der Waals surface area contributed by atoms with Crippen molar-refractivity contribution in [3.05, 3.63) is 82.9 Å². The Morgan fingerprint density at radius 1 is 1.04 bits per heavy atom. The number of rotatable bonds is 4. The molecule has 0 bridgehead atoms. The Morgan fingerprint density at radius 2 is 1.81 bits per heavy atom. The number of nitrogens with zero attached hydrogens (tertiary/aromatic N) is 1. The van der Waals surface area contributed by atoms with E-state index in [2.05, 4.69) is 5.32 Å². The Hall–Kier alpha value is -3.49. The fraction of sp³-hybridized carbons (Fsp3) is 0. The van der Waals surface area contributed by atoms with Crippen LogP contribution in [0, 0.1) is 11.3 Å². The topological polar surface area (TPSA) is 88.1 Å². The molecule has 26 heavy (non-hydrogen) atoms. The molecule has 3 aromatic carbocycles. The van der Waals surface area contributed by atoms with Gasteiger partial charge in [0.05, 0.1) is 11.6 Å². The van der Waals surface area contributed by atoms with Gasteiger partial charge in [-0.05, 0) is 48.5 Å². The lowest BCUT2D eigenvalue weighted by Gasteiger charge is -2.11. The highest BCUT2D eigenvalue weighted by atomic mass is 35.5. The zero-order valence-corrected chi connectivity index (χ0v) is 14.3. The van der Waals surface area contributed by atoms with E-state index in [0.29, 0.717) is 39.0 Å². The molecule has 6 heteroatoms. The third-order valence-electron chi connectivity index (χ3n) is 3.49. The van der Waals surface area contributed by atoms with Crippen LogP contribution in [0.15, 0.2) is 66.7 Å². The minimum absolute atomic E-state index is 0.303. The number of nitriles is 1. The van der Waals surface area contributed by atoms with Gasteiger partial charge < -0.3 is 15.8 Å². The van der Waals surface area contributed by atoms with Crippen LogP contribution in [0.25, 0.3) is 0 Å². The van der Waals surface area contributed by atoms with E-state index >= 15 is 0 Å². The normalized spacial score (nSPS) is 10.0. The molecule has 0 saturated carbocycles. The van der Waals surface area contributed by atoms with E-state index < -0.39 is 0 Å². The first-order valence-electron chi connectivity index (χ1n) is 7.69. The summed E-state index contributed by atoms with van der Waals surface area (Å²) in [4.78, 5) is 12.3. The predicted molar refractivity (Wildman–Crippen MR) is 101 cm³/mol. The maximum absolute atomic E-state index is 12.3. The van der Waals surface area contributed by atoms with Crippen molar-refractivity contribution >= 4 is 28.9 Å². The molecular formula is C20H14ClN3O2. The van der Waals surface area contributed by atoms with Crippen LogP contribution in [0.1, 0.15) is 15.9 Å². The zero-order valence-electron chi connectivity index (χ0n) is 13.6. The molecule has 0 aromatic heterocycles. The van der Waals surface area contributed by atoms with Gasteiger partial charge in [-0.15, -0.1) is 0 Å². The minimum atomic E-state index is -0.303. The number of halogens is 1. The molecule has 5 nitrogen and oxygen atoms in total. The molecule has 1 amide bonds. The fourth-order valence-corrected chi connectivity index (χ4v) is 2.51. The summed E-state index contributed by atoms with van der Waals surface area (Å²) < 4.78 is 5.74. The number of ether oxygens (including phenoxy) is 1. The van der Waals surface area contributed by atoms with Gasteiger partial charge in [-0.3, -0.25) is 4.79 Å². The van der Waals surface area contributed by atoms with Gasteiger partial charge in [-0.2, -0.15) is 5.26 Å². The molecule has 0 heterocycles. The Bertz CT molecular complexity index is 995. The van der Waals surface area contributed by atoms with E-state index in [1.807, 2.05) is 6.07 Å². The summed E-state index contributed by atoms with van der Waals surface area (Å²) >= 11 is 5.91. The number of nitrogen functional groups attached to an aromatic ring is 1. The van der Waals surface area contributed by atoms with Gasteiger partial charge >= 0.3 is 0 Å². The van der Waals surface area contributed by atoms with Crippen molar-refractivity contribution in [3.63, 3.8) is 0 Å². The van der Waals surface area contributed by atoms with Crippen molar-refractivity contribution in [1.29, 1.82) is 5.26 Å². The Kier molecular flexibility index (Phi) is 5.07. The smallest absolute Gasteiger partial charge is 0.255 e. The summed E-state index contributed by atoms with van der Waals surface area (Å²) in [6.07, 6.45) is 0. The molecular weight excluding hydrogens is 350 g/mol. The second-order valence-electron chi connectivity index (χ2n) is 5.49. The largest absolute Gasteiger partial charge is 0.457 e. The van der Waals surface area contributed by atoms with Crippen molar-refractivity contribution in [1.82, 2.24) is 0 Å². The summed E-state index contributed by atoms with van der Waals surface area (Å²) in [6.45, 7) is 0. The summed E-state index contributed by atoms with van der Waals surface area (Å²) in [6, 6.07) is 20.3. The van der Waals surface area contributed by atoms with Gasteiger partial charge in [0.25, 0.3) is 5.91 Å². The molecule has 0 aliphatic rings. The van der Waals surface area contributed by atoms with E-state index in [4.69, 9.17) is 27.3 Å². The van der Waals surface area contributed by atoms with E-state index in [1.165, 1.54) is 0 Å². The number of amides is 1. The van der Waals surface area contributed by atoms with E-state index in [1.54, 1.807) is 66.7 Å². The first-order valence-corrected chi connectivity index (χ1v) is 8.07. The second-order valence-corrected chi connectivity index (χ2v) is 5.93. The van der Waals surface area contributed by atoms with Gasteiger partial charge in [-0.25, -0.2) is 0 Å². The highest BCUT2D eigenvalue weighted by molar-refractivity contribution is 6.31. The molecule has 0 saturated heterocycles. The number of carbonyl (C=O) groups is 1. The molecule has 3 rings (SSSR count). The van der Waals surface area contributed by atoms with Crippen molar-refractivity contribution in [2.24, 2.45) is 0 Å². The zero-order chi connectivity index (χ0) is 18.5. The minimum Gasteiger partial charge on any atom is -0.457 e. The van der Waals surface area contributed by atoms with Crippen LogP contribution in [-0.4, -0.2) is 5.91 Å². The molecule has 0 aliphatic carbocycles. The molecule has 0 fully saturated rings. The van der Waals surface area contributed by atoms with Crippen molar-refractivity contribution in [3.8, 4) is 17.6 Å². The molecule has 0 spiro atoms. The lowest BCUT2D eigenvalue weighted by molar-refractivity contribution is 0.102. The quantitative estimate of drug-likeness (QED) is 0.649. The van der Waals surface area contributed by atoms with Crippen molar-refractivity contribution in [2.45, 2.75) is 0 Å². The summed E-state index contributed by atoms with van der Waals surface area (Å²) in [7, 11) is 0. The van der Waals surface area contributed by atoms with Crippen molar-refractivity contribution in [2.75, 3.05) is 11.1 Å². The van der Waals surface area contributed by atoms with E-state index in [-0.39, 0.29) is 5.91 Å². The number of hydrogen-bond acceptors (Lipinski definition) is 4. The number of nitrogens with one attached hydrogen (secondary N) is 1. The lowest BCUT2D eigenvalue weighted by atomic mass is 10.2. The van der Waals surface area contributed by atoms with Crippen LogP contribution in [0.2, 0.25) is 5.02 Å². The fourth-order valence-electron chi connectivity index (χ4n) is 2.32. The van der Waals surface area contributed by atoms with Gasteiger partial charge in [0, 0.05) is 34.1 Å². The molecule has 0 atom stereocenters. The lowest BCUT2D eigenvalue weighted by Crippen LogP contribution is -2.12. The van der Waals surface area contributed by atoms with Gasteiger partial charge in [0.15, 0.2) is 0 Å². The standard InChI is InChI=1S/C20H14ClN3O2/c21-15-3-1-2-14(8-15)20(25)24-17-9-16(23)10-19(11-17)26-18-6-4-13(12-22)5-7-18/h1-11H,23H2,(H,24,25). The van der Waals surface area contributed by atoms with Gasteiger partial charge in [0.1, 0.15) is 11.5 Å². The average molecular weight is 364 g/mol. The Labute approximate surface area is 155 Å². The monoisotopic (exact) mass is 363 g/mol. The SMILES string of the molecule is N#Cc1ccc(Oc2cc(N)cc(NC(=O)c3cccc(Cl)c3)c2)cc1. The van der Waals surface area contributed by atoms with Crippen LogP contribution in [0.5, 0.6) is 11.5 Å². The predicted octanol–water partition coefficient (Wildman–Crippen LogP) is 4.84. The maximum Gasteiger partial charge on any atom is 0.255 e. The van der Waals surface area contributed by atoms with Gasteiger partial charge in [0.2, 0.25) is 0 Å². The average Bonchev–Trinajstić information content (AvgIpc) is 2.62. The maximum atomic E-state index is 12.3. The number of hydrogen-bond donors (Lipinski definition) is 2. The molecule has 0 unspecified atom stereocenters. The first-order chi connectivity index (χ1) is 12.5. The Balaban J connectivity index is 1.78. The molecule has 3 N–H and O–H groups in total. The van der Waals surface area contributed by atoms with Gasteiger partial charge in [-0.1, -0.05) is 17.7 Å². The summed E-state index contributed by atoms with van der Waals surface area (Å²) in [5.74, 6) is 0.722. The highest BCUT2D eigenvalue weighted by Crippen LogP contribution is 2.28. The molecule has 128 valence electrons. The Morgan fingerprint density at radius 3 is 2.50 bits per heavy atom. The molecule has 3 aromatic rings. The van der Waals surface area contributed by atoms with Crippen molar-refractivity contribution < 1.29 is 9.53 Å². The van der Waals surface area contributed by atoms with Crippen LogP contribution >= 0.6 is 11.6 Å². The van der Waals surface area contributed by atoms with Crippen LogP contribution in [0.4, 0.5) is 11.4 Å². The number of anilines is 2. The van der Waals surface area contributed by atoms with Crippen LogP contribution in [0.3, 0.4) is 0 Å². The van der Waals surface area contributed by atoms with Crippen LogP contribution in [-0.2, 0) is 0 Å². The number of carbonyl (C=O) groups excluding carboxylic acids is 1. The number of nitrogens with two attached hydrogens (primary N) is 1. The summed E-state index contributed by atoms with van der Waals surface area (Å²) in [5.41, 5.74) is 7.82. The second kappa shape index (κ2) is 7.60. The summed E-state index contributed by atoms with van der Waals surface area (Å²) in [5, 5.41) is 12.1. The molecule has 0 aliphatic heterocycles. The molecule has 0 radical (unpaired) electrons. The first kappa shape index (κ1) is 17.3. The van der Waals surface area contributed by atoms with E-state index in [9.17, 15) is 4.79 Å².